The molecule has 0 saturated heterocycles. The van der Waals surface area contributed by atoms with Crippen LogP contribution in [0.15, 0.2) is 53.4 Å². The van der Waals surface area contributed by atoms with E-state index >= 15 is 0 Å². The second-order valence-corrected chi connectivity index (χ2v) is 5.05. The van der Waals surface area contributed by atoms with Crippen molar-refractivity contribution < 1.29 is 12.3 Å². The van der Waals surface area contributed by atoms with Crippen LogP contribution in [0, 0.1) is 6.92 Å². The van der Waals surface area contributed by atoms with Gasteiger partial charge in [-0.3, -0.25) is 0 Å². The summed E-state index contributed by atoms with van der Waals surface area (Å²) in [5.74, 6) is 0. The van der Waals surface area contributed by atoms with Crippen LogP contribution < -0.4 is 0 Å². The Labute approximate surface area is 99.9 Å². The molecule has 0 atom stereocenters. The largest absolute Gasteiger partial charge is 0.332 e. The lowest BCUT2D eigenvalue weighted by Gasteiger charge is -2.08. The molecule has 0 radical (unpaired) electrons. The standard InChI is InChI=1S/C13H11FO2S/c1-10-12(11-6-3-2-4-7-11)8-5-9-13(10)17(14,15)16/h2-9H,1H3. The lowest BCUT2D eigenvalue weighted by atomic mass is 10.0. The first-order valence-electron chi connectivity index (χ1n) is 5.10. The second-order valence-electron chi connectivity index (χ2n) is 3.73. The molecule has 0 N–H and O–H groups in total. The highest BCUT2D eigenvalue weighted by Gasteiger charge is 2.17. The van der Waals surface area contributed by atoms with E-state index in [0.29, 0.717) is 5.56 Å². The summed E-state index contributed by atoms with van der Waals surface area (Å²) in [6.45, 7) is 1.61. The van der Waals surface area contributed by atoms with E-state index in [-0.39, 0.29) is 4.90 Å². The molecule has 2 aromatic rings. The van der Waals surface area contributed by atoms with Crippen LogP contribution in [0.1, 0.15) is 5.56 Å². The maximum Gasteiger partial charge on any atom is 0.332 e. The molecule has 0 amide bonds. The van der Waals surface area contributed by atoms with Gasteiger partial charge in [-0.2, -0.15) is 8.42 Å². The van der Waals surface area contributed by atoms with Crippen LogP contribution in [0.2, 0.25) is 0 Å². The normalized spacial score (nSPS) is 11.4. The lowest BCUT2D eigenvalue weighted by Crippen LogP contribution is -1.97. The fourth-order valence-electron chi connectivity index (χ4n) is 1.81. The molecule has 2 aromatic carbocycles. The zero-order valence-electron chi connectivity index (χ0n) is 9.22. The predicted molar refractivity (Wildman–Crippen MR) is 64.9 cm³/mol. The van der Waals surface area contributed by atoms with Crippen LogP contribution in [0.25, 0.3) is 11.1 Å². The Morgan fingerprint density at radius 2 is 1.59 bits per heavy atom. The van der Waals surface area contributed by atoms with Crippen LogP contribution in [0.3, 0.4) is 0 Å². The van der Waals surface area contributed by atoms with Crippen molar-refractivity contribution in [3.8, 4) is 11.1 Å². The topological polar surface area (TPSA) is 34.1 Å². The van der Waals surface area contributed by atoms with Crippen LogP contribution >= 0.6 is 0 Å². The zero-order valence-corrected chi connectivity index (χ0v) is 10.0. The zero-order chi connectivity index (χ0) is 12.5. The summed E-state index contributed by atoms with van der Waals surface area (Å²) in [7, 11) is -4.66. The van der Waals surface area contributed by atoms with E-state index in [1.54, 1.807) is 19.1 Å². The van der Waals surface area contributed by atoms with Gasteiger partial charge >= 0.3 is 10.2 Å². The summed E-state index contributed by atoms with van der Waals surface area (Å²) in [6.07, 6.45) is 0. The van der Waals surface area contributed by atoms with E-state index in [0.717, 1.165) is 11.1 Å². The molecule has 0 saturated carbocycles. The van der Waals surface area contributed by atoms with Gasteiger partial charge in [0.1, 0.15) is 4.90 Å². The number of rotatable bonds is 2. The van der Waals surface area contributed by atoms with Crippen molar-refractivity contribution in [2.75, 3.05) is 0 Å². The van der Waals surface area contributed by atoms with Gasteiger partial charge in [0.25, 0.3) is 0 Å². The van der Waals surface area contributed by atoms with Crippen LogP contribution in [0.5, 0.6) is 0 Å². The molecule has 0 spiro atoms. The van der Waals surface area contributed by atoms with Gasteiger partial charge in [0.05, 0.1) is 0 Å². The third-order valence-corrected chi connectivity index (χ3v) is 3.60. The quantitative estimate of drug-likeness (QED) is 0.766. The molecular weight excluding hydrogens is 239 g/mol. The Morgan fingerprint density at radius 1 is 0.941 bits per heavy atom. The summed E-state index contributed by atoms with van der Waals surface area (Å²) in [6, 6.07) is 13.9. The van der Waals surface area contributed by atoms with Crippen molar-refractivity contribution in [2.24, 2.45) is 0 Å². The maximum atomic E-state index is 13.0. The van der Waals surface area contributed by atoms with Crippen molar-refractivity contribution in [2.45, 2.75) is 11.8 Å². The van der Waals surface area contributed by atoms with E-state index in [2.05, 4.69) is 0 Å². The molecule has 0 aliphatic carbocycles. The molecule has 0 bridgehead atoms. The average molecular weight is 250 g/mol. The minimum atomic E-state index is -4.66. The first kappa shape index (κ1) is 11.8. The lowest BCUT2D eigenvalue weighted by molar-refractivity contribution is 0.551. The van der Waals surface area contributed by atoms with Gasteiger partial charge in [0.15, 0.2) is 0 Å². The van der Waals surface area contributed by atoms with Gasteiger partial charge in [0.2, 0.25) is 0 Å². The Morgan fingerprint density at radius 3 is 2.18 bits per heavy atom. The highest BCUT2D eigenvalue weighted by Crippen LogP contribution is 2.28. The summed E-state index contributed by atoms with van der Waals surface area (Å²) in [4.78, 5) is -0.265. The third kappa shape index (κ3) is 2.36. The minimum absolute atomic E-state index is 0.265. The average Bonchev–Trinajstić information content (AvgIpc) is 2.29. The van der Waals surface area contributed by atoms with Crippen molar-refractivity contribution in [3.05, 3.63) is 54.1 Å². The highest BCUT2D eigenvalue weighted by molar-refractivity contribution is 7.86. The van der Waals surface area contributed by atoms with Crippen LogP contribution in [0.4, 0.5) is 3.89 Å². The van der Waals surface area contributed by atoms with Crippen LogP contribution in [-0.4, -0.2) is 8.42 Å². The molecule has 2 nitrogen and oxygen atoms in total. The molecule has 0 aliphatic rings. The van der Waals surface area contributed by atoms with Crippen molar-refractivity contribution >= 4 is 10.2 Å². The molecule has 2 rings (SSSR count). The van der Waals surface area contributed by atoms with E-state index in [1.165, 1.54) is 6.07 Å². The molecule has 4 heteroatoms. The SMILES string of the molecule is Cc1c(-c2ccccc2)cccc1S(=O)(=O)F. The van der Waals surface area contributed by atoms with E-state index in [4.69, 9.17) is 0 Å². The Kier molecular flexibility index (Phi) is 2.98. The molecule has 88 valence electrons. The summed E-state index contributed by atoms with van der Waals surface area (Å²) < 4.78 is 35.0. The fraction of sp³-hybridized carbons (Fsp3) is 0.0769. The monoisotopic (exact) mass is 250 g/mol. The fourth-order valence-corrected chi connectivity index (χ4v) is 2.53. The maximum absolute atomic E-state index is 13.0. The predicted octanol–water partition coefficient (Wildman–Crippen LogP) is 3.32. The van der Waals surface area contributed by atoms with Gasteiger partial charge in [-0.15, -0.1) is 3.89 Å². The van der Waals surface area contributed by atoms with E-state index in [9.17, 15) is 12.3 Å². The van der Waals surface area contributed by atoms with Gasteiger partial charge in [-0.25, -0.2) is 0 Å². The molecular formula is C13H11FO2S. The number of hydrogen-bond donors (Lipinski definition) is 0. The Balaban J connectivity index is 2.67. The molecule has 0 unspecified atom stereocenters. The van der Waals surface area contributed by atoms with Gasteiger partial charge < -0.3 is 0 Å². The first-order valence-corrected chi connectivity index (χ1v) is 6.48. The van der Waals surface area contributed by atoms with Crippen LogP contribution in [-0.2, 0) is 10.2 Å². The van der Waals surface area contributed by atoms with Crippen molar-refractivity contribution in [3.63, 3.8) is 0 Å². The Bertz CT molecular complexity index is 634. The molecule has 0 heterocycles. The molecule has 0 aromatic heterocycles. The summed E-state index contributed by atoms with van der Waals surface area (Å²) in [5, 5.41) is 0. The molecule has 0 fully saturated rings. The third-order valence-electron chi connectivity index (χ3n) is 2.63. The summed E-state index contributed by atoms with van der Waals surface area (Å²) >= 11 is 0. The Hall–Kier alpha value is -1.68. The van der Waals surface area contributed by atoms with E-state index < -0.39 is 10.2 Å². The number of hydrogen-bond acceptors (Lipinski definition) is 2. The molecule has 0 aliphatic heterocycles. The minimum Gasteiger partial charge on any atom is -0.189 e. The highest BCUT2D eigenvalue weighted by atomic mass is 32.3. The van der Waals surface area contributed by atoms with Gasteiger partial charge in [0, 0.05) is 0 Å². The van der Waals surface area contributed by atoms with E-state index in [1.807, 2.05) is 30.3 Å². The summed E-state index contributed by atoms with van der Waals surface area (Å²) in [5.41, 5.74) is 2.03. The second kappa shape index (κ2) is 4.30. The van der Waals surface area contributed by atoms with Gasteiger partial charge in [-0.05, 0) is 29.7 Å². The number of halogens is 1. The number of benzene rings is 2. The van der Waals surface area contributed by atoms with Gasteiger partial charge in [-0.1, -0.05) is 42.5 Å². The first-order chi connectivity index (χ1) is 8.00. The smallest absolute Gasteiger partial charge is 0.189 e. The molecule has 17 heavy (non-hydrogen) atoms. The van der Waals surface area contributed by atoms with Crippen molar-refractivity contribution in [1.82, 2.24) is 0 Å². The van der Waals surface area contributed by atoms with Crippen molar-refractivity contribution in [1.29, 1.82) is 0 Å².